The Kier molecular flexibility index (Phi) is 5.66. The second-order valence-electron chi connectivity index (χ2n) is 4.01. The molecule has 3 nitrogen and oxygen atoms in total. The quantitative estimate of drug-likeness (QED) is 0.813. The molecule has 0 aliphatic carbocycles. The zero-order chi connectivity index (χ0) is 14.3. The second kappa shape index (κ2) is 7.01. The van der Waals surface area contributed by atoms with Gasteiger partial charge in [0.1, 0.15) is 0 Å². The number of alkyl halides is 3. The van der Waals surface area contributed by atoms with Crippen LogP contribution in [0.5, 0.6) is 0 Å². The Balaban J connectivity index is 2.71. The van der Waals surface area contributed by atoms with Crippen LogP contribution in [0.15, 0.2) is 30.3 Å². The van der Waals surface area contributed by atoms with Gasteiger partial charge in [0.05, 0.1) is 0 Å². The smallest absolute Gasteiger partial charge is 0.422 e. The van der Waals surface area contributed by atoms with Gasteiger partial charge in [0.2, 0.25) is 0 Å². The Morgan fingerprint density at radius 1 is 1.26 bits per heavy atom. The Morgan fingerprint density at radius 3 is 2.42 bits per heavy atom. The van der Waals surface area contributed by atoms with E-state index in [0.29, 0.717) is 18.7 Å². The summed E-state index contributed by atoms with van der Waals surface area (Å²) >= 11 is 0. The third-order valence-electron chi connectivity index (χ3n) is 2.38. The molecule has 0 unspecified atom stereocenters. The van der Waals surface area contributed by atoms with Gasteiger partial charge in [-0.2, -0.15) is 13.2 Å². The van der Waals surface area contributed by atoms with Crippen molar-refractivity contribution in [2.75, 3.05) is 18.1 Å². The van der Waals surface area contributed by atoms with E-state index in [9.17, 15) is 18.0 Å². The molecule has 0 saturated carbocycles. The third kappa shape index (κ3) is 5.63. The van der Waals surface area contributed by atoms with E-state index in [2.05, 4.69) is 4.74 Å². The first-order valence-corrected chi connectivity index (χ1v) is 6.00. The molecule has 0 bridgehead atoms. The van der Waals surface area contributed by atoms with Gasteiger partial charge in [0.15, 0.2) is 6.61 Å². The largest absolute Gasteiger partial charge is 0.439 e. The van der Waals surface area contributed by atoms with Crippen molar-refractivity contribution in [2.24, 2.45) is 0 Å². The average Bonchev–Trinajstić information content (AvgIpc) is 2.37. The van der Waals surface area contributed by atoms with E-state index >= 15 is 0 Å². The molecule has 0 saturated heterocycles. The maximum Gasteiger partial charge on any atom is 0.422 e. The standard InChI is InChI=1S/C13H16F3NO2/c1-2-3-9-17(11-7-5-4-6-8-11)12(18)19-10-13(14,15)16/h4-8H,2-3,9-10H2,1H3. The van der Waals surface area contributed by atoms with Crippen molar-refractivity contribution in [3.05, 3.63) is 30.3 Å². The number of carbonyl (C=O) groups is 1. The average molecular weight is 275 g/mol. The molecule has 1 amide bonds. The number of carbonyl (C=O) groups excluding carboxylic acids is 1. The number of unbranched alkanes of at least 4 members (excludes halogenated alkanes) is 1. The van der Waals surface area contributed by atoms with E-state index in [1.807, 2.05) is 6.92 Å². The van der Waals surface area contributed by atoms with Crippen molar-refractivity contribution < 1.29 is 22.7 Å². The molecule has 0 aliphatic rings. The Bertz CT molecular complexity index is 393. The third-order valence-corrected chi connectivity index (χ3v) is 2.38. The molecule has 1 aromatic carbocycles. The molecule has 0 radical (unpaired) electrons. The number of hydrogen-bond acceptors (Lipinski definition) is 2. The van der Waals surface area contributed by atoms with Crippen molar-refractivity contribution in [2.45, 2.75) is 25.9 Å². The molecule has 0 fully saturated rings. The first kappa shape index (κ1) is 15.3. The first-order chi connectivity index (χ1) is 8.94. The van der Waals surface area contributed by atoms with Gasteiger partial charge in [-0.15, -0.1) is 0 Å². The van der Waals surface area contributed by atoms with Crippen LogP contribution in [0, 0.1) is 0 Å². The lowest BCUT2D eigenvalue weighted by Crippen LogP contribution is -2.34. The van der Waals surface area contributed by atoms with Gasteiger partial charge in [-0.25, -0.2) is 4.79 Å². The number of hydrogen-bond donors (Lipinski definition) is 0. The van der Waals surface area contributed by atoms with E-state index in [1.54, 1.807) is 30.3 Å². The SMILES string of the molecule is CCCCN(C(=O)OCC(F)(F)F)c1ccccc1. The van der Waals surface area contributed by atoms with Gasteiger partial charge in [0.25, 0.3) is 0 Å². The Hall–Kier alpha value is -1.72. The summed E-state index contributed by atoms with van der Waals surface area (Å²) in [5.74, 6) is 0. The van der Waals surface area contributed by atoms with E-state index in [0.717, 1.165) is 6.42 Å². The molecule has 1 rings (SSSR count). The van der Waals surface area contributed by atoms with E-state index in [4.69, 9.17) is 0 Å². The highest BCUT2D eigenvalue weighted by Crippen LogP contribution is 2.18. The summed E-state index contributed by atoms with van der Waals surface area (Å²) < 4.78 is 40.4. The van der Waals surface area contributed by atoms with Gasteiger partial charge >= 0.3 is 12.3 Å². The summed E-state index contributed by atoms with van der Waals surface area (Å²) in [5.41, 5.74) is 0.531. The lowest BCUT2D eigenvalue weighted by molar-refractivity contribution is -0.159. The maximum absolute atomic E-state index is 12.0. The number of rotatable bonds is 5. The molecule has 6 heteroatoms. The van der Waals surface area contributed by atoms with Gasteiger partial charge in [0, 0.05) is 12.2 Å². The Morgan fingerprint density at radius 2 is 1.89 bits per heavy atom. The molecule has 1 aromatic rings. The van der Waals surface area contributed by atoms with Crippen LogP contribution in [0.2, 0.25) is 0 Å². The minimum Gasteiger partial charge on any atom is -0.439 e. The molecular weight excluding hydrogens is 259 g/mol. The number of amides is 1. The van der Waals surface area contributed by atoms with Crippen molar-refractivity contribution >= 4 is 11.8 Å². The fourth-order valence-corrected chi connectivity index (χ4v) is 1.47. The fourth-order valence-electron chi connectivity index (χ4n) is 1.47. The maximum atomic E-state index is 12.0. The number of nitrogens with zero attached hydrogens (tertiary/aromatic N) is 1. The zero-order valence-electron chi connectivity index (χ0n) is 10.6. The van der Waals surface area contributed by atoms with Crippen LogP contribution in [0.25, 0.3) is 0 Å². The van der Waals surface area contributed by atoms with Crippen LogP contribution in [0.4, 0.5) is 23.7 Å². The molecular formula is C13H16F3NO2. The summed E-state index contributed by atoms with van der Waals surface area (Å²) in [6.45, 7) is 0.697. The summed E-state index contributed by atoms with van der Waals surface area (Å²) in [4.78, 5) is 12.9. The second-order valence-corrected chi connectivity index (χ2v) is 4.01. The highest BCUT2D eigenvalue weighted by atomic mass is 19.4. The van der Waals surface area contributed by atoms with Crippen LogP contribution >= 0.6 is 0 Å². The molecule has 0 aliphatic heterocycles. The zero-order valence-corrected chi connectivity index (χ0v) is 10.6. The molecule has 0 aromatic heterocycles. The van der Waals surface area contributed by atoms with Crippen molar-refractivity contribution in [3.63, 3.8) is 0 Å². The van der Waals surface area contributed by atoms with Crippen LogP contribution in [-0.4, -0.2) is 25.4 Å². The summed E-state index contributed by atoms with van der Waals surface area (Å²) in [6, 6.07) is 8.51. The van der Waals surface area contributed by atoms with E-state index in [1.165, 1.54) is 4.90 Å². The van der Waals surface area contributed by atoms with Crippen molar-refractivity contribution in [3.8, 4) is 0 Å². The molecule has 0 spiro atoms. The molecule has 0 heterocycles. The first-order valence-electron chi connectivity index (χ1n) is 6.00. The summed E-state index contributed by atoms with van der Waals surface area (Å²) in [7, 11) is 0. The molecule has 0 atom stereocenters. The van der Waals surface area contributed by atoms with Crippen LogP contribution in [0.1, 0.15) is 19.8 Å². The number of para-hydroxylation sites is 1. The lowest BCUT2D eigenvalue weighted by atomic mass is 10.2. The highest BCUT2D eigenvalue weighted by Gasteiger charge is 2.31. The highest BCUT2D eigenvalue weighted by molar-refractivity contribution is 5.87. The van der Waals surface area contributed by atoms with Gasteiger partial charge in [-0.05, 0) is 18.6 Å². The fraction of sp³-hybridized carbons (Fsp3) is 0.462. The Labute approximate surface area is 110 Å². The number of ether oxygens (including phenoxy) is 1. The molecule has 106 valence electrons. The topological polar surface area (TPSA) is 29.5 Å². The van der Waals surface area contributed by atoms with Gasteiger partial charge < -0.3 is 4.74 Å². The predicted octanol–water partition coefficient (Wildman–Crippen LogP) is 3.99. The predicted molar refractivity (Wildman–Crippen MR) is 66.1 cm³/mol. The van der Waals surface area contributed by atoms with Gasteiger partial charge in [-0.3, -0.25) is 4.90 Å². The number of halogens is 3. The monoisotopic (exact) mass is 275 g/mol. The van der Waals surface area contributed by atoms with E-state index < -0.39 is 18.9 Å². The minimum absolute atomic E-state index is 0.331. The number of anilines is 1. The van der Waals surface area contributed by atoms with E-state index in [-0.39, 0.29) is 0 Å². The van der Waals surface area contributed by atoms with Gasteiger partial charge in [-0.1, -0.05) is 31.5 Å². The lowest BCUT2D eigenvalue weighted by Gasteiger charge is -2.22. The van der Waals surface area contributed by atoms with Crippen molar-refractivity contribution in [1.82, 2.24) is 0 Å². The van der Waals surface area contributed by atoms with Crippen LogP contribution in [0.3, 0.4) is 0 Å². The molecule has 0 N–H and O–H groups in total. The summed E-state index contributed by atoms with van der Waals surface area (Å²) in [5, 5.41) is 0. The summed E-state index contributed by atoms with van der Waals surface area (Å²) in [6.07, 6.45) is -3.97. The molecule has 19 heavy (non-hydrogen) atoms. The van der Waals surface area contributed by atoms with Crippen LogP contribution in [-0.2, 0) is 4.74 Å². The van der Waals surface area contributed by atoms with Crippen LogP contribution < -0.4 is 4.90 Å². The van der Waals surface area contributed by atoms with Crippen molar-refractivity contribution in [1.29, 1.82) is 0 Å². The number of benzene rings is 1. The minimum atomic E-state index is -4.51. The normalized spacial score (nSPS) is 11.2.